The molecule has 0 spiro atoms. The Hall–Kier alpha value is -3.57. The number of aryl methyl sites for hydroxylation is 1. The second-order valence-corrected chi connectivity index (χ2v) is 7.64. The van der Waals surface area contributed by atoms with Gasteiger partial charge in [-0.3, -0.25) is 14.5 Å². The lowest BCUT2D eigenvalue weighted by molar-refractivity contribution is -0.137. The molecule has 0 atom stereocenters. The lowest BCUT2D eigenvalue weighted by Gasteiger charge is -2.16. The van der Waals surface area contributed by atoms with Crippen LogP contribution in [0.25, 0.3) is 5.57 Å². The fraction of sp³-hybridized carbons (Fsp3) is 0.120. The number of hydrogen-bond acceptors (Lipinski definition) is 4. The van der Waals surface area contributed by atoms with Gasteiger partial charge in [-0.1, -0.05) is 71.8 Å². The van der Waals surface area contributed by atoms with Crippen LogP contribution in [0.2, 0.25) is 5.02 Å². The van der Waals surface area contributed by atoms with Crippen LogP contribution >= 0.6 is 11.6 Å². The molecule has 0 saturated carbocycles. The summed E-state index contributed by atoms with van der Waals surface area (Å²) < 4.78 is 5.40. The zero-order valence-corrected chi connectivity index (χ0v) is 17.9. The highest BCUT2D eigenvalue weighted by molar-refractivity contribution is 6.36. The molecule has 31 heavy (non-hydrogen) atoms. The van der Waals surface area contributed by atoms with Crippen molar-refractivity contribution in [3.05, 3.63) is 100 Å². The van der Waals surface area contributed by atoms with E-state index in [2.05, 4.69) is 5.32 Å². The van der Waals surface area contributed by atoms with Gasteiger partial charge < -0.3 is 10.1 Å². The minimum atomic E-state index is -0.411. The fourth-order valence-corrected chi connectivity index (χ4v) is 3.70. The summed E-state index contributed by atoms with van der Waals surface area (Å²) in [6.45, 7) is 2.06. The van der Waals surface area contributed by atoms with Crippen molar-refractivity contribution < 1.29 is 14.3 Å². The predicted molar refractivity (Wildman–Crippen MR) is 122 cm³/mol. The number of ether oxygens (including phenoxy) is 1. The van der Waals surface area contributed by atoms with Crippen LogP contribution in [-0.2, 0) is 16.1 Å². The zero-order chi connectivity index (χ0) is 22.0. The summed E-state index contributed by atoms with van der Waals surface area (Å²) >= 11 is 6.28. The number of hydrogen-bond donors (Lipinski definition) is 1. The SMILES string of the molecule is COc1ccccc1NC1=C(c2ccc(C)cc2)C(=O)N(Cc2ccccc2Cl)C1=O. The van der Waals surface area contributed by atoms with Crippen molar-refractivity contribution in [1.82, 2.24) is 4.90 Å². The van der Waals surface area contributed by atoms with Crippen LogP contribution in [0.15, 0.2) is 78.5 Å². The number of benzene rings is 3. The molecule has 0 bridgehead atoms. The largest absolute Gasteiger partial charge is 0.495 e. The van der Waals surface area contributed by atoms with Crippen molar-refractivity contribution in [3.8, 4) is 5.75 Å². The van der Waals surface area contributed by atoms with Gasteiger partial charge in [0.2, 0.25) is 0 Å². The Morgan fingerprint density at radius 1 is 0.903 bits per heavy atom. The summed E-state index contributed by atoms with van der Waals surface area (Å²) in [7, 11) is 1.56. The Morgan fingerprint density at radius 3 is 2.29 bits per heavy atom. The van der Waals surface area contributed by atoms with Gasteiger partial charge in [0.25, 0.3) is 11.8 Å². The Kier molecular flexibility index (Phi) is 5.78. The van der Waals surface area contributed by atoms with Gasteiger partial charge in [-0.2, -0.15) is 0 Å². The van der Waals surface area contributed by atoms with E-state index in [1.807, 2.05) is 55.5 Å². The molecule has 156 valence electrons. The van der Waals surface area contributed by atoms with Crippen molar-refractivity contribution >= 4 is 34.7 Å². The molecule has 1 N–H and O–H groups in total. The first kappa shape index (κ1) is 20.7. The minimum absolute atomic E-state index is 0.0871. The Bertz CT molecular complexity index is 1190. The molecule has 1 aliphatic heterocycles. The molecule has 1 aliphatic rings. The van der Waals surface area contributed by atoms with Crippen LogP contribution in [0.4, 0.5) is 5.69 Å². The van der Waals surface area contributed by atoms with Gasteiger partial charge in [-0.15, -0.1) is 0 Å². The quantitative estimate of drug-likeness (QED) is 0.554. The third kappa shape index (κ3) is 4.05. The normalized spacial score (nSPS) is 13.7. The number of anilines is 1. The van der Waals surface area contributed by atoms with Crippen molar-refractivity contribution in [2.24, 2.45) is 0 Å². The summed E-state index contributed by atoms with van der Waals surface area (Å²) in [6, 6.07) is 22.0. The molecule has 0 aromatic heterocycles. The van der Waals surface area contributed by atoms with Crippen molar-refractivity contribution in [2.75, 3.05) is 12.4 Å². The maximum absolute atomic E-state index is 13.4. The first-order chi connectivity index (χ1) is 15.0. The third-order valence-electron chi connectivity index (χ3n) is 5.16. The van der Waals surface area contributed by atoms with Gasteiger partial charge >= 0.3 is 0 Å². The molecule has 0 saturated heterocycles. The highest BCUT2D eigenvalue weighted by Crippen LogP contribution is 2.34. The summed E-state index contributed by atoms with van der Waals surface area (Å²) in [5.74, 6) is -0.208. The molecule has 0 radical (unpaired) electrons. The van der Waals surface area contributed by atoms with E-state index in [0.29, 0.717) is 33.2 Å². The van der Waals surface area contributed by atoms with Gasteiger partial charge in [0.15, 0.2) is 0 Å². The van der Waals surface area contributed by atoms with E-state index in [1.165, 1.54) is 4.90 Å². The molecule has 6 heteroatoms. The van der Waals surface area contributed by atoms with E-state index >= 15 is 0 Å². The van der Waals surface area contributed by atoms with E-state index in [9.17, 15) is 9.59 Å². The molecule has 4 rings (SSSR count). The Labute approximate surface area is 185 Å². The zero-order valence-electron chi connectivity index (χ0n) is 17.2. The average Bonchev–Trinajstić information content (AvgIpc) is 3.00. The van der Waals surface area contributed by atoms with Crippen molar-refractivity contribution in [3.63, 3.8) is 0 Å². The maximum Gasteiger partial charge on any atom is 0.278 e. The first-order valence-corrected chi connectivity index (χ1v) is 10.2. The Balaban J connectivity index is 1.77. The number of nitrogens with one attached hydrogen (secondary N) is 1. The van der Waals surface area contributed by atoms with Crippen molar-refractivity contribution in [1.29, 1.82) is 0 Å². The van der Waals surface area contributed by atoms with Crippen LogP contribution < -0.4 is 10.1 Å². The summed E-state index contributed by atoms with van der Waals surface area (Å²) in [4.78, 5) is 28.0. The van der Waals surface area contributed by atoms with E-state index in [0.717, 1.165) is 5.56 Å². The molecular weight excluding hydrogens is 412 g/mol. The number of methoxy groups -OCH3 is 1. The number of carbonyl (C=O) groups is 2. The fourth-order valence-electron chi connectivity index (χ4n) is 3.50. The average molecular weight is 433 g/mol. The Morgan fingerprint density at radius 2 is 1.58 bits per heavy atom. The highest BCUT2D eigenvalue weighted by Gasteiger charge is 2.39. The lowest BCUT2D eigenvalue weighted by Crippen LogP contribution is -2.32. The second kappa shape index (κ2) is 8.66. The van der Waals surface area contributed by atoms with Gasteiger partial charge in [0.05, 0.1) is 24.9 Å². The number of nitrogens with zero attached hydrogens (tertiary/aromatic N) is 1. The molecule has 3 aromatic carbocycles. The number of rotatable bonds is 6. The highest BCUT2D eigenvalue weighted by atomic mass is 35.5. The molecule has 5 nitrogen and oxygen atoms in total. The molecular formula is C25H21ClN2O3. The molecule has 3 aromatic rings. The maximum atomic E-state index is 13.4. The summed E-state index contributed by atoms with van der Waals surface area (Å²) in [5.41, 5.74) is 3.57. The first-order valence-electron chi connectivity index (χ1n) is 9.80. The predicted octanol–water partition coefficient (Wildman–Crippen LogP) is 5.05. The van der Waals surface area contributed by atoms with Crippen molar-refractivity contribution in [2.45, 2.75) is 13.5 Å². The lowest BCUT2D eigenvalue weighted by atomic mass is 10.0. The number of imide groups is 1. The van der Waals surface area contributed by atoms with Gasteiger partial charge in [-0.05, 0) is 36.2 Å². The topological polar surface area (TPSA) is 58.6 Å². The molecule has 0 unspecified atom stereocenters. The van der Waals surface area contributed by atoms with Gasteiger partial charge in [0, 0.05) is 5.02 Å². The molecule has 0 fully saturated rings. The molecule has 1 heterocycles. The number of halogens is 1. The van der Waals surface area contributed by atoms with Gasteiger partial charge in [-0.25, -0.2) is 0 Å². The van der Waals surface area contributed by atoms with Crippen LogP contribution in [0.3, 0.4) is 0 Å². The summed E-state index contributed by atoms with van der Waals surface area (Å²) in [5, 5.41) is 3.65. The van der Waals surface area contributed by atoms with Crippen LogP contribution in [0.1, 0.15) is 16.7 Å². The number of para-hydroxylation sites is 2. The van der Waals surface area contributed by atoms with Crippen LogP contribution in [0, 0.1) is 6.92 Å². The van der Waals surface area contributed by atoms with E-state index in [4.69, 9.17) is 16.3 Å². The van der Waals surface area contributed by atoms with Crippen LogP contribution in [0.5, 0.6) is 5.75 Å². The second-order valence-electron chi connectivity index (χ2n) is 7.23. The third-order valence-corrected chi connectivity index (χ3v) is 5.53. The molecule has 0 aliphatic carbocycles. The van der Waals surface area contributed by atoms with Gasteiger partial charge in [0.1, 0.15) is 11.4 Å². The minimum Gasteiger partial charge on any atom is -0.495 e. The number of carbonyl (C=O) groups excluding carboxylic acids is 2. The van der Waals surface area contributed by atoms with E-state index in [1.54, 1.807) is 31.4 Å². The van der Waals surface area contributed by atoms with E-state index in [-0.39, 0.29) is 18.1 Å². The van der Waals surface area contributed by atoms with Crippen LogP contribution in [-0.4, -0.2) is 23.8 Å². The summed E-state index contributed by atoms with van der Waals surface area (Å²) in [6.07, 6.45) is 0. The molecule has 2 amide bonds. The number of amides is 2. The standard InChI is InChI=1S/C25H21ClN2O3/c1-16-11-13-17(14-12-16)22-23(27-20-9-5-6-10-21(20)31-2)25(30)28(24(22)29)15-18-7-3-4-8-19(18)26/h3-14,27H,15H2,1-2H3. The monoisotopic (exact) mass is 432 g/mol. The smallest absolute Gasteiger partial charge is 0.278 e. The van der Waals surface area contributed by atoms with E-state index < -0.39 is 5.91 Å².